The first kappa shape index (κ1) is 27.3. The molecule has 0 N–H and O–H groups in total. The average molecular weight is 564 g/mol. The number of hydrogen-bond acceptors (Lipinski definition) is 6. The van der Waals surface area contributed by atoms with Gasteiger partial charge >= 0.3 is 0 Å². The molecule has 190 valence electrons. The van der Waals surface area contributed by atoms with Crippen LogP contribution < -0.4 is 0 Å². The lowest BCUT2D eigenvalue weighted by Crippen LogP contribution is -2.12. The van der Waals surface area contributed by atoms with Crippen molar-refractivity contribution in [1.29, 1.82) is 0 Å². The molecule has 0 amide bonds. The van der Waals surface area contributed by atoms with Gasteiger partial charge in [-0.3, -0.25) is 24.5 Å². The zero-order valence-electron chi connectivity index (χ0n) is 19.9. The largest absolute Gasteiger partial charge is 0.295 e. The number of Topliss-reactive ketones (excluding diaryl/α,β-unsaturated/α-hetero) is 2. The highest BCUT2D eigenvalue weighted by molar-refractivity contribution is 7.99. The van der Waals surface area contributed by atoms with E-state index in [1.165, 1.54) is 31.2 Å². The summed E-state index contributed by atoms with van der Waals surface area (Å²) in [6.45, 7) is 1.45. The second kappa shape index (κ2) is 11.7. The normalized spacial score (nSPS) is 10.7. The van der Waals surface area contributed by atoms with Crippen LogP contribution in [0.1, 0.15) is 49.1 Å². The second-order valence-electron chi connectivity index (χ2n) is 8.35. The Morgan fingerprint density at radius 1 is 0.816 bits per heavy atom. The van der Waals surface area contributed by atoms with Crippen LogP contribution in [-0.2, 0) is 6.42 Å². The van der Waals surface area contributed by atoms with E-state index in [1.54, 1.807) is 60.7 Å². The van der Waals surface area contributed by atoms with Gasteiger partial charge in [-0.15, -0.1) is 0 Å². The third-order valence-corrected chi connectivity index (χ3v) is 7.50. The molecule has 0 saturated carbocycles. The zero-order chi connectivity index (χ0) is 27.4. The Kier molecular flexibility index (Phi) is 8.42. The highest BCUT2D eigenvalue weighted by Gasteiger charge is 2.23. The summed E-state index contributed by atoms with van der Waals surface area (Å²) >= 11 is 13.1. The number of benzene rings is 4. The molecule has 0 aliphatic carbocycles. The molecule has 0 fully saturated rings. The maximum atomic E-state index is 13.4. The molecule has 4 aromatic carbocycles. The van der Waals surface area contributed by atoms with E-state index in [0.717, 1.165) is 11.8 Å². The van der Waals surface area contributed by atoms with E-state index >= 15 is 0 Å². The molecular formula is C29H19Cl2NO5S. The number of halogens is 2. The Morgan fingerprint density at radius 3 is 2.24 bits per heavy atom. The summed E-state index contributed by atoms with van der Waals surface area (Å²) in [5.74, 6) is -0.936. The lowest BCUT2D eigenvalue weighted by Gasteiger charge is -2.10. The Labute approximate surface area is 232 Å². The van der Waals surface area contributed by atoms with Gasteiger partial charge in [0.15, 0.2) is 17.3 Å². The van der Waals surface area contributed by atoms with Crippen LogP contribution in [0.4, 0.5) is 5.69 Å². The van der Waals surface area contributed by atoms with Crippen LogP contribution in [0.25, 0.3) is 0 Å². The number of nitro groups is 1. The minimum Gasteiger partial charge on any atom is -0.295 e. The predicted molar refractivity (Wildman–Crippen MR) is 148 cm³/mol. The van der Waals surface area contributed by atoms with Crippen molar-refractivity contribution >= 4 is 58.0 Å². The van der Waals surface area contributed by atoms with Gasteiger partial charge in [0.25, 0.3) is 5.69 Å². The number of hydrogen-bond donors (Lipinski definition) is 0. The lowest BCUT2D eigenvalue weighted by molar-refractivity contribution is -0.387. The maximum Gasteiger partial charge on any atom is 0.283 e. The Bertz CT molecular complexity index is 1600. The summed E-state index contributed by atoms with van der Waals surface area (Å²) in [6.07, 6.45) is -0.00914. The number of carbonyl (C=O) groups is 3. The van der Waals surface area contributed by atoms with Gasteiger partial charge in [-0.05, 0) is 48.9 Å². The predicted octanol–water partition coefficient (Wildman–Crippen LogP) is 7.91. The molecule has 4 rings (SSSR count). The molecule has 0 bridgehead atoms. The molecule has 38 heavy (non-hydrogen) atoms. The number of carbonyl (C=O) groups excluding carboxylic acids is 3. The standard InChI is InChI=1S/C29H19Cl2NO5S/c1-17(33)19-6-4-5-18(13-19)14-27(34)22-7-2-3-8-23(22)29(35)20-9-12-28(26(15-20)32(36)37)38-21-10-11-24(30)25(31)16-21/h2-13,15-16H,14H2,1H3. The molecule has 0 atom stereocenters. The first-order valence-corrected chi connectivity index (χ1v) is 12.9. The van der Waals surface area contributed by atoms with E-state index in [9.17, 15) is 24.5 Å². The third-order valence-electron chi connectivity index (χ3n) is 5.71. The van der Waals surface area contributed by atoms with Gasteiger partial charge in [0.1, 0.15) is 0 Å². The minimum absolute atomic E-state index is 0.00914. The van der Waals surface area contributed by atoms with Crippen molar-refractivity contribution in [3.63, 3.8) is 0 Å². The molecule has 0 unspecified atom stereocenters. The number of ketones is 3. The third kappa shape index (κ3) is 6.19. The van der Waals surface area contributed by atoms with E-state index in [2.05, 4.69) is 0 Å². The molecule has 0 aliphatic rings. The van der Waals surface area contributed by atoms with Crippen LogP contribution in [-0.4, -0.2) is 22.3 Å². The fourth-order valence-corrected chi connectivity index (χ4v) is 5.12. The minimum atomic E-state index is -0.560. The molecular weight excluding hydrogens is 545 g/mol. The zero-order valence-corrected chi connectivity index (χ0v) is 22.3. The molecule has 0 aromatic heterocycles. The fraction of sp³-hybridized carbons (Fsp3) is 0.0690. The summed E-state index contributed by atoms with van der Waals surface area (Å²) in [5, 5.41) is 12.5. The molecule has 6 nitrogen and oxygen atoms in total. The molecule has 0 radical (unpaired) electrons. The Morgan fingerprint density at radius 2 is 1.55 bits per heavy atom. The van der Waals surface area contributed by atoms with Crippen molar-refractivity contribution in [2.24, 2.45) is 0 Å². The average Bonchev–Trinajstić information content (AvgIpc) is 2.90. The quantitative estimate of drug-likeness (QED) is 0.117. The van der Waals surface area contributed by atoms with Gasteiger partial charge in [0.05, 0.1) is 19.9 Å². The van der Waals surface area contributed by atoms with Gasteiger partial charge in [-0.2, -0.15) is 0 Å². The molecule has 0 heterocycles. The summed E-state index contributed by atoms with van der Waals surface area (Å²) in [5.41, 5.74) is 1.29. The fourth-order valence-electron chi connectivity index (χ4n) is 3.82. The summed E-state index contributed by atoms with van der Waals surface area (Å²) in [6, 6.07) is 22.2. The number of rotatable bonds is 9. The topological polar surface area (TPSA) is 94.3 Å². The van der Waals surface area contributed by atoms with Crippen LogP contribution in [0.15, 0.2) is 94.7 Å². The number of nitro benzene ring substituents is 1. The summed E-state index contributed by atoms with van der Waals surface area (Å²) < 4.78 is 0. The van der Waals surface area contributed by atoms with Crippen LogP contribution in [0, 0.1) is 10.1 Å². The van der Waals surface area contributed by atoms with E-state index in [0.29, 0.717) is 31.0 Å². The molecule has 0 saturated heterocycles. The highest BCUT2D eigenvalue weighted by atomic mass is 35.5. The highest BCUT2D eigenvalue weighted by Crippen LogP contribution is 2.38. The molecule has 0 spiro atoms. The van der Waals surface area contributed by atoms with Gasteiger partial charge in [-0.1, -0.05) is 77.4 Å². The maximum absolute atomic E-state index is 13.4. The van der Waals surface area contributed by atoms with Crippen LogP contribution in [0.2, 0.25) is 10.0 Å². The van der Waals surface area contributed by atoms with Crippen LogP contribution >= 0.6 is 35.0 Å². The first-order chi connectivity index (χ1) is 18.1. The monoisotopic (exact) mass is 563 g/mol. The lowest BCUT2D eigenvalue weighted by atomic mass is 9.93. The van der Waals surface area contributed by atoms with Crippen molar-refractivity contribution < 1.29 is 19.3 Å². The van der Waals surface area contributed by atoms with E-state index in [-0.39, 0.29) is 40.4 Å². The van der Waals surface area contributed by atoms with Crippen molar-refractivity contribution in [1.82, 2.24) is 0 Å². The Hall–Kier alpha value is -3.78. The Balaban J connectivity index is 1.64. The second-order valence-corrected chi connectivity index (χ2v) is 10.3. The molecule has 9 heteroatoms. The van der Waals surface area contributed by atoms with Crippen LogP contribution in [0.3, 0.4) is 0 Å². The van der Waals surface area contributed by atoms with Crippen molar-refractivity contribution in [3.8, 4) is 0 Å². The van der Waals surface area contributed by atoms with Gasteiger partial charge in [-0.25, -0.2) is 0 Å². The van der Waals surface area contributed by atoms with E-state index < -0.39 is 10.7 Å². The molecule has 0 aliphatic heterocycles. The van der Waals surface area contributed by atoms with Crippen LogP contribution in [0.5, 0.6) is 0 Å². The molecule has 4 aromatic rings. The summed E-state index contributed by atoms with van der Waals surface area (Å²) in [7, 11) is 0. The number of nitrogens with zero attached hydrogens (tertiary/aromatic N) is 1. The van der Waals surface area contributed by atoms with E-state index in [4.69, 9.17) is 23.2 Å². The first-order valence-electron chi connectivity index (χ1n) is 11.3. The van der Waals surface area contributed by atoms with Crippen molar-refractivity contribution in [2.75, 3.05) is 0 Å². The van der Waals surface area contributed by atoms with Crippen molar-refractivity contribution in [3.05, 3.63) is 133 Å². The van der Waals surface area contributed by atoms with E-state index in [1.807, 2.05) is 0 Å². The smallest absolute Gasteiger partial charge is 0.283 e. The van der Waals surface area contributed by atoms with Gasteiger partial charge < -0.3 is 0 Å². The van der Waals surface area contributed by atoms with Gasteiger partial charge in [0, 0.05) is 39.6 Å². The van der Waals surface area contributed by atoms with Crippen molar-refractivity contribution in [2.45, 2.75) is 23.1 Å². The summed E-state index contributed by atoms with van der Waals surface area (Å²) in [4.78, 5) is 50.6. The van der Waals surface area contributed by atoms with Gasteiger partial charge in [0.2, 0.25) is 0 Å². The SMILES string of the molecule is CC(=O)c1cccc(CC(=O)c2ccccc2C(=O)c2ccc(Sc3ccc(Cl)c(Cl)c3)c([N+](=O)[O-])c2)c1.